The quantitative estimate of drug-likeness (QED) is 0.561. The normalized spacial score (nSPS) is 19.1. The van der Waals surface area contributed by atoms with Crippen molar-refractivity contribution < 1.29 is 4.79 Å². The predicted molar refractivity (Wildman–Crippen MR) is 61.5 cm³/mol. The summed E-state index contributed by atoms with van der Waals surface area (Å²) in [4.78, 5) is 12.1. The fraction of sp³-hybridized carbons (Fsp3) is 0.273. The van der Waals surface area contributed by atoms with E-state index in [0.29, 0.717) is 6.42 Å². The third-order valence-corrected chi connectivity index (χ3v) is 3.41. The number of carbonyl (C=O) groups excluding carboxylic acids is 1. The molecule has 0 saturated carbocycles. The molecule has 1 fully saturated rings. The van der Waals surface area contributed by atoms with Gasteiger partial charge in [-0.25, -0.2) is 0 Å². The van der Waals surface area contributed by atoms with Crippen molar-refractivity contribution in [2.45, 2.75) is 18.6 Å². The van der Waals surface area contributed by atoms with E-state index in [-0.39, 0.29) is 5.91 Å². The summed E-state index contributed by atoms with van der Waals surface area (Å²) in [5, 5.41) is 2.89. The van der Waals surface area contributed by atoms with Crippen molar-refractivity contribution in [3.63, 3.8) is 0 Å². The third-order valence-electron chi connectivity index (χ3n) is 2.17. The number of rotatable bonds is 2. The number of amides is 1. The lowest BCUT2D eigenvalue weighted by atomic mass is 10.2. The van der Waals surface area contributed by atoms with Crippen LogP contribution in [-0.2, 0) is 10.5 Å². The number of carbonyl (C=O) groups is 1. The summed E-state index contributed by atoms with van der Waals surface area (Å²) in [7, 11) is 0. The fourth-order valence-electron chi connectivity index (χ4n) is 1.41. The van der Waals surface area contributed by atoms with Gasteiger partial charge in [-0.15, -0.1) is 0 Å². The molecule has 74 valence electrons. The van der Waals surface area contributed by atoms with Crippen LogP contribution >= 0.6 is 11.4 Å². The predicted octanol–water partition coefficient (Wildman–Crippen LogP) is 1.69. The summed E-state index contributed by atoms with van der Waals surface area (Å²) in [6, 6.07) is 10.3. The Kier molecular flexibility index (Phi) is 2.99. The van der Waals surface area contributed by atoms with Gasteiger partial charge in [0.1, 0.15) is 0 Å². The molecule has 0 unspecified atom stereocenters. The standard InChI is InChI=1S/C11H13NOS/c13-10-6-7-11(12-10)14-8-9-4-2-1-3-5-9/h1-5,14H,6-8H2,(H,12,13). The third kappa shape index (κ3) is 2.45. The lowest BCUT2D eigenvalue weighted by Crippen LogP contribution is -2.18. The smallest absolute Gasteiger partial charge is 0.224 e. The molecule has 0 radical (unpaired) electrons. The monoisotopic (exact) mass is 207 g/mol. The highest BCUT2D eigenvalue weighted by Crippen LogP contribution is 2.10. The van der Waals surface area contributed by atoms with Crippen LogP contribution in [0.15, 0.2) is 30.3 Å². The summed E-state index contributed by atoms with van der Waals surface area (Å²) < 4.78 is 0. The molecule has 1 aromatic rings. The first-order valence-electron chi connectivity index (χ1n) is 4.72. The molecule has 1 aliphatic rings. The van der Waals surface area contributed by atoms with E-state index in [1.54, 1.807) is 0 Å². The molecule has 2 rings (SSSR count). The van der Waals surface area contributed by atoms with E-state index in [0.717, 1.165) is 12.2 Å². The van der Waals surface area contributed by atoms with Crippen LogP contribution in [0.4, 0.5) is 0 Å². The van der Waals surface area contributed by atoms with E-state index in [1.807, 2.05) is 18.2 Å². The zero-order valence-corrected chi connectivity index (χ0v) is 8.76. The molecule has 1 heterocycles. The second kappa shape index (κ2) is 4.42. The Balaban J connectivity index is 1.97. The Morgan fingerprint density at radius 1 is 1.21 bits per heavy atom. The fourth-order valence-corrected chi connectivity index (χ4v) is 2.46. The van der Waals surface area contributed by atoms with Gasteiger partial charge in [-0.3, -0.25) is 4.79 Å². The highest BCUT2D eigenvalue weighted by Gasteiger charge is 2.13. The van der Waals surface area contributed by atoms with E-state index in [2.05, 4.69) is 17.4 Å². The first kappa shape index (κ1) is 9.46. The number of hydrogen-bond acceptors (Lipinski definition) is 1. The van der Waals surface area contributed by atoms with Gasteiger partial charge in [0.05, 0.1) is 0 Å². The van der Waals surface area contributed by atoms with Gasteiger partial charge < -0.3 is 5.32 Å². The van der Waals surface area contributed by atoms with Crippen molar-refractivity contribution in [1.29, 1.82) is 0 Å². The number of thiol groups is 1. The highest BCUT2D eigenvalue weighted by molar-refractivity contribution is 7.98. The Morgan fingerprint density at radius 2 is 2.00 bits per heavy atom. The van der Waals surface area contributed by atoms with Crippen LogP contribution in [0, 0.1) is 0 Å². The number of nitrogens with one attached hydrogen (secondary N) is 1. The number of benzene rings is 1. The molecular weight excluding hydrogens is 194 g/mol. The first-order chi connectivity index (χ1) is 6.84. The van der Waals surface area contributed by atoms with Gasteiger partial charge in [0.15, 0.2) is 0 Å². The van der Waals surface area contributed by atoms with E-state index in [4.69, 9.17) is 0 Å². The molecule has 0 atom stereocenters. The second-order valence-corrected chi connectivity index (χ2v) is 4.47. The van der Waals surface area contributed by atoms with E-state index >= 15 is 0 Å². The molecular formula is C11H13NOS. The second-order valence-electron chi connectivity index (χ2n) is 3.30. The molecule has 1 N–H and O–H groups in total. The topological polar surface area (TPSA) is 29.1 Å². The molecule has 2 nitrogen and oxygen atoms in total. The summed E-state index contributed by atoms with van der Waals surface area (Å²) in [6.07, 6.45) is 1.57. The molecule has 1 aliphatic heterocycles. The van der Waals surface area contributed by atoms with Gasteiger partial charge in [0.25, 0.3) is 0 Å². The van der Waals surface area contributed by atoms with Crippen LogP contribution < -0.4 is 5.32 Å². The molecule has 0 aromatic heterocycles. The molecule has 0 spiro atoms. The van der Waals surface area contributed by atoms with Gasteiger partial charge in [-0.2, -0.15) is 11.4 Å². The lowest BCUT2D eigenvalue weighted by Gasteiger charge is -1.98. The average molecular weight is 207 g/mol. The van der Waals surface area contributed by atoms with Gasteiger partial charge >= 0.3 is 0 Å². The summed E-state index contributed by atoms with van der Waals surface area (Å²) in [5.41, 5.74) is 1.32. The van der Waals surface area contributed by atoms with Crippen molar-refractivity contribution >= 4 is 22.2 Å². The van der Waals surface area contributed by atoms with E-state index < -0.39 is 0 Å². The summed E-state index contributed by atoms with van der Waals surface area (Å²) in [6.45, 7) is 0. The molecule has 0 bridgehead atoms. The van der Waals surface area contributed by atoms with Crippen LogP contribution in [0.5, 0.6) is 0 Å². The zero-order valence-electron chi connectivity index (χ0n) is 7.86. The molecule has 0 aliphatic carbocycles. The van der Waals surface area contributed by atoms with E-state index in [9.17, 15) is 4.79 Å². The molecule has 14 heavy (non-hydrogen) atoms. The molecule has 1 amide bonds. The first-order valence-corrected chi connectivity index (χ1v) is 5.79. The SMILES string of the molecule is O=C1CCC(=[SH]Cc2ccccc2)N1. The average Bonchev–Trinajstić information content (AvgIpc) is 2.63. The van der Waals surface area contributed by atoms with Gasteiger partial charge in [0.2, 0.25) is 5.91 Å². The number of hydrogen-bond donors (Lipinski definition) is 2. The zero-order chi connectivity index (χ0) is 9.80. The van der Waals surface area contributed by atoms with Crippen LogP contribution in [0.3, 0.4) is 0 Å². The Morgan fingerprint density at radius 3 is 2.64 bits per heavy atom. The van der Waals surface area contributed by atoms with Crippen molar-refractivity contribution in [2.75, 3.05) is 0 Å². The maximum absolute atomic E-state index is 10.9. The van der Waals surface area contributed by atoms with Crippen LogP contribution in [0.1, 0.15) is 18.4 Å². The maximum atomic E-state index is 10.9. The van der Waals surface area contributed by atoms with Crippen LogP contribution in [0.2, 0.25) is 0 Å². The summed E-state index contributed by atoms with van der Waals surface area (Å²) >= 11 is 1.23. The minimum absolute atomic E-state index is 0.167. The van der Waals surface area contributed by atoms with Crippen LogP contribution in [-0.4, -0.2) is 10.9 Å². The van der Waals surface area contributed by atoms with Crippen molar-refractivity contribution in [2.24, 2.45) is 0 Å². The molecule has 1 aromatic carbocycles. The van der Waals surface area contributed by atoms with Crippen molar-refractivity contribution in [3.8, 4) is 0 Å². The minimum atomic E-state index is 0.167. The Labute approximate surface area is 87.3 Å². The largest absolute Gasteiger partial charge is 0.325 e. The van der Waals surface area contributed by atoms with Gasteiger partial charge in [0, 0.05) is 23.6 Å². The maximum Gasteiger partial charge on any atom is 0.224 e. The van der Waals surface area contributed by atoms with Crippen molar-refractivity contribution in [1.82, 2.24) is 5.32 Å². The molecule has 1 saturated heterocycles. The van der Waals surface area contributed by atoms with E-state index in [1.165, 1.54) is 21.9 Å². The van der Waals surface area contributed by atoms with Crippen molar-refractivity contribution in [3.05, 3.63) is 35.9 Å². The summed E-state index contributed by atoms with van der Waals surface area (Å²) in [5.74, 6) is 1.16. The van der Waals surface area contributed by atoms with Gasteiger partial charge in [-0.05, 0) is 5.56 Å². The highest BCUT2D eigenvalue weighted by atomic mass is 32.1. The Hall–Kier alpha value is -1.09. The minimum Gasteiger partial charge on any atom is -0.325 e. The van der Waals surface area contributed by atoms with Gasteiger partial charge in [-0.1, -0.05) is 30.3 Å². The lowest BCUT2D eigenvalue weighted by molar-refractivity contribution is -0.118. The molecule has 3 heteroatoms. The van der Waals surface area contributed by atoms with Crippen LogP contribution in [0.25, 0.3) is 0 Å². The Bertz CT molecular complexity index is 359.